The van der Waals surface area contributed by atoms with Gasteiger partial charge in [0.05, 0.1) is 5.69 Å². The fraction of sp³-hybridized carbons (Fsp3) is 0.462. The molecule has 17 heavy (non-hydrogen) atoms. The first-order valence-corrected chi connectivity index (χ1v) is 6.01. The Labute approximate surface area is 101 Å². The van der Waals surface area contributed by atoms with Gasteiger partial charge in [0.1, 0.15) is 5.75 Å². The van der Waals surface area contributed by atoms with E-state index in [-0.39, 0.29) is 5.91 Å². The van der Waals surface area contributed by atoms with Crippen LogP contribution in [0.4, 0.5) is 5.69 Å². The molecule has 0 bridgehead atoms. The number of hydrogen-bond donors (Lipinski definition) is 1. The number of ether oxygens (including phenoxy) is 1. The van der Waals surface area contributed by atoms with Crippen LogP contribution in [-0.4, -0.2) is 25.1 Å². The van der Waals surface area contributed by atoms with Crippen molar-refractivity contribution in [3.63, 3.8) is 0 Å². The van der Waals surface area contributed by atoms with E-state index in [0.29, 0.717) is 13.1 Å². The minimum Gasteiger partial charge on any atom is -0.479 e. The maximum atomic E-state index is 12.1. The van der Waals surface area contributed by atoms with E-state index in [4.69, 9.17) is 10.5 Å². The highest BCUT2D eigenvalue weighted by atomic mass is 16.5. The molecule has 1 aromatic rings. The molecule has 0 aliphatic carbocycles. The molecule has 1 unspecified atom stereocenters. The number of para-hydroxylation sites is 2. The molecule has 0 fully saturated rings. The number of carbonyl (C=O) groups is 1. The molecular formula is C13H18N2O2. The average molecular weight is 234 g/mol. The van der Waals surface area contributed by atoms with E-state index in [9.17, 15) is 4.79 Å². The van der Waals surface area contributed by atoms with Crippen molar-refractivity contribution in [3.05, 3.63) is 24.3 Å². The van der Waals surface area contributed by atoms with Crippen molar-refractivity contribution >= 4 is 11.6 Å². The summed E-state index contributed by atoms with van der Waals surface area (Å²) in [7, 11) is 0. The Morgan fingerprint density at radius 1 is 1.35 bits per heavy atom. The molecule has 1 heterocycles. The molecular weight excluding hydrogens is 216 g/mol. The maximum absolute atomic E-state index is 12.1. The molecule has 1 atom stereocenters. The number of unbranched alkanes of at least 4 members (excludes halogenated alkanes) is 1. The third kappa shape index (κ3) is 2.42. The summed E-state index contributed by atoms with van der Waals surface area (Å²) < 4.78 is 5.56. The van der Waals surface area contributed by atoms with Crippen LogP contribution in [0.5, 0.6) is 5.75 Å². The van der Waals surface area contributed by atoms with Gasteiger partial charge in [0, 0.05) is 6.54 Å². The second kappa shape index (κ2) is 5.19. The Morgan fingerprint density at radius 2 is 2.12 bits per heavy atom. The Hall–Kier alpha value is -1.55. The first-order valence-electron chi connectivity index (χ1n) is 6.01. The van der Waals surface area contributed by atoms with E-state index in [1.807, 2.05) is 24.3 Å². The quantitative estimate of drug-likeness (QED) is 0.804. The van der Waals surface area contributed by atoms with Crippen molar-refractivity contribution < 1.29 is 9.53 Å². The van der Waals surface area contributed by atoms with Gasteiger partial charge in [0.15, 0.2) is 6.10 Å². The third-order valence-electron chi connectivity index (χ3n) is 2.91. The van der Waals surface area contributed by atoms with E-state index < -0.39 is 6.10 Å². The number of fused-ring (bicyclic) bond motifs is 1. The van der Waals surface area contributed by atoms with Crippen LogP contribution in [0.1, 0.15) is 19.8 Å². The third-order valence-corrected chi connectivity index (χ3v) is 2.91. The topological polar surface area (TPSA) is 55.6 Å². The highest BCUT2D eigenvalue weighted by molar-refractivity contribution is 5.99. The normalized spacial score (nSPS) is 18.8. The molecule has 1 amide bonds. The van der Waals surface area contributed by atoms with Crippen LogP contribution in [0.3, 0.4) is 0 Å². The monoisotopic (exact) mass is 234 g/mol. The molecule has 1 aromatic carbocycles. The second-order valence-electron chi connectivity index (χ2n) is 4.21. The zero-order chi connectivity index (χ0) is 12.3. The molecule has 0 radical (unpaired) electrons. The van der Waals surface area contributed by atoms with Crippen molar-refractivity contribution in [1.82, 2.24) is 0 Å². The lowest BCUT2D eigenvalue weighted by Crippen LogP contribution is -2.44. The highest BCUT2D eigenvalue weighted by Crippen LogP contribution is 2.33. The number of benzene rings is 1. The van der Waals surface area contributed by atoms with Crippen molar-refractivity contribution in [1.29, 1.82) is 0 Å². The van der Waals surface area contributed by atoms with Gasteiger partial charge in [-0.25, -0.2) is 0 Å². The van der Waals surface area contributed by atoms with E-state index in [1.165, 1.54) is 0 Å². The van der Waals surface area contributed by atoms with E-state index in [0.717, 1.165) is 24.3 Å². The van der Waals surface area contributed by atoms with Gasteiger partial charge >= 0.3 is 0 Å². The summed E-state index contributed by atoms with van der Waals surface area (Å²) in [6, 6.07) is 7.65. The van der Waals surface area contributed by atoms with Crippen LogP contribution in [-0.2, 0) is 4.79 Å². The molecule has 1 aliphatic rings. The van der Waals surface area contributed by atoms with Gasteiger partial charge in [-0.05, 0) is 38.4 Å². The van der Waals surface area contributed by atoms with Crippen LogP contribution in [0.2, 0.25) is 0 Å². The minimum atomic E-state index is -0.400. The van der Waals surface area contributed by atoms with Gasteiger partial charge < -0.3 is 15.4 Å². The summed E-state index contributed by atoms with van der Waals surface area (Å²) in [6.07, 6.45) is 1.45. The van der Waals surface area contributed by atoms with E-state index in [2.05, 4.69) is 0 Å². The standard InChI is InChI=1S/C13H18N2O2/c1-10-13(16)15(9-5-4-8-14)11-6-2-3-7-12(11)17-10/h2-3,6-7,10H,4-5,8-9,14H2,1H3. The van der Waals surface area contributed by atoms with Crippen LogP contribution in [0.25, 0.3) is 0 Å². The summed E-state index contributed by atoms with van der Waals surface area (Å²) in [5.41, 5.74) is 6.34. The lowest BCUT2D eigenvalue weighted by Gasteiger charge is -2.32. The largest absolute Gasteiger partial charge is 0.479 e. The van der Waals surface area contributed by atoms with Gasteiger partial charge in [-0.1, -0.05) is 12.1 Å². The van der Waals surface area contributed by atoms with Gasteiger partial charge in [-0.3, -0.25) is 4.79 Å². The van der Waals surface area contributed by atoms with Crippen molar-refractivity contribution in [2.75, 3.05) is 18.0 Å². The smallest absolute Gasteiger partial charge is 0.267 e. The van der Waals surface area contributed by atoms with Gasteiger partial charge in [0.2, 0.25) is 0 Å². The predicted octanol–water partition coefficient (Wildman–Crippen LogP) is 1.54. The molecule has 0 saturated heterocycles. The number of nitrogens with zero attached hydrogens (tertiary/aromatic N) is 1. The Balaban J connectivity index is 2.20. The molecule has 2 rings (SSSR count). The summed E-state index contributed by atoms with van der Waals surface area (Å²) in [6.45, 7) is 3.16. The van der Waals surface area contributed by atoms with Crippen molar-refractivity contribution in [2.45, 2.75) is 25.9 Å². The van der Waals surface area contributed by atoms with Crippen LogP contribution in [0, 0.1) is 0 Å². The lowest BCUT2D eigenvalue weighted by atomic mass is 10.1. The van der Waals surface area contributed by atoms with E-state index in [1.54, 1.807) is 11.8 Å². The van der Waals surface area contributed by atoms with Crippen LogP contribution in [0.15, 0.2) is 24.3 Å². The molecule has 0 aromatic heterocycles. The van der Waals surface area contributed by atoms with Crippen molar-refractivity contribution in [2.24, 2.45) is 5.73 Å². The Bertz CT molecular complexity index is 406. The fourth-order valence-corrected chi connectivity index (χ4v) is 2.00. The first-order chi connectivity index (χ1) is 8.24. The molecule has 4 nitrogen and oxygen atoms in total. The summed E-state index contributed by atoms with van der Waals surface area (Å²) in [4.78, 5) is 13.9. The Kier molecular flexibility index (Phi) is 3.64. The number of nitrogens with two attached hydrogens (primary N) is 1. The van der Waals surface area contributed by atoms with Gasteiger partial charge in [-0.15, -0.1) is 0 Å². The summed E-state index contributed by atoms with van der Waals surface area (Å²) >= 11 is 0. The summed E-state index contributed by atoms with van der Waals surface area (Å²) in [5, 5.41) is 0. The van der Waals surface area contributed by atoms with Crippen LogP contribution < -0.4 is 15.4 Å². The SMILES string of the molecule is CC1Oc2ccccc2N(CCCCN)C1=O. The zero-order valence-electron chi connectivity index (χ0n) is 10.1. The molecule has 0 saturated carbocycles. The molecule has 4 heteroatoms. The number of hydrogen-bond acceptors (Lipinski definition) is 3. The van der Waals surface area contributed by atoms with Gasteiger partial charge in [0.25, 0.3) is 5.91 Å². The Morgan fingerprint density at radius 3 is 2.88 bits per heavy atom. The number of amides is 1. The molecule has 92 valence electrons. The molecule has 0 spiro atoms. The average Bonchev–Trinajstić information content (AvgIpc) is 2.34. The molecule has 1 aliphatic heterocycles. The number of anilines is 1. The summed E-state index contributed by atoms with van der Waals surface area (Å²) in [5.74, 6) is 0.813. The lowest BCUT2D eigenvalue weighted by molar-refractivity contribution is -0.125. The fourth-order valence-electron chi connectivity index (χ4n) is 2.00. The maximum Gasteiger partial charge on any atom is 0.267 e. The zero-order valence-corrected chi connectivity index (χ0v) is 10.1. The molecule has 2 N–H and O–H groups in total. The highest BCUT2D eigenvalue weighted by Gasteiger charge is 2.30. The van der Waals surface area contributed by atoms with E-state index >= 15 is 0 Å². The van der Waals surface area contributed by atoms with Gasteiger partial charge in [-0.2, -0.15) is 0 Å². The number of rotatable bonds is 4. The number of carbonyl (C=O) groups excluding carboxylic acids is 1. The second-order valence-corrected chi connectivity index (χ2v) is 4.21. The van der Waals surface area contributed by atoms with Crippen LogP contribution >= 0.6 is 0 Å². The predicted molar refractivity (Wildman–Crippen MR) is 67.2 cm³/mol. The van der Waals surface area contributed by atoms with Crippen molar-refractivity contribution in [3.8, 4) is 5.75 Å². The first kappa shape index (κ1) is 11.9. The minimum absolute atomic E-state index is 0.0284.